The molecule has 0 unspecified atom stereocenters. The molecule has 0 fully saturated rings. The van der Waals surface area contributed by atoms with Crippen LogP contribution in [0.2, 0.25) is 0 Å². The molecule has 44 heavy (non-hydrogen) atoms. The number of hydrogen-bond acceptors (Lipinski definition) is 7. The second-order valence-corrected chi connectivity index (χ2v) is 14.9. The van der Waals surface area contributed by atoms with Crippen molar-refractivity contribution in [3.8, 4) is 22.6 Å². The summed E-state index contributed by atoms with van der Waals surface area (Å²) in [5, 5.41) is 0. The predicted molar refractivity (Wildman–Crippen MR) is 171 cm³/mol. The van der Waals surface area contributed by atoms with Gasteiger partial charge in [-0.05, 0) is 88.1 Å². The number of hydrogen-bond donors (Lipinski definition) is 0. The monoisotopic (exact) mass is 634 g/mol. The molecule has 0 spiro atoms. The van der Waals surface area contributed by atoms with Gasteiger partial charge in [0.25, 0.3) is 10.1 Å². The van der Waals surface area contributed by atoms with Gasteiger partial charge in [0, 0.05) is 11.1 Å². The van der Waals surface area contributed by atoms with Gasteiger partial charge in [-0.15, -0.1) is 0 Å². The first-order chi connectivity index (χ1) is 20.8. The van der Waals surface area contributed by atoms with Crippen LogP contribution in [0.15, 0.2) is 88.7 Å². The van der Waals surface area contributed by atoms with E-state index in [9.17, 15) is 16.8 Å². The van der Waals surface area contributed by atoms with Gasteiger partial charge in [-0.3, -0.25) is 4.18 Å². The second kappa shape index (κ2) is 12.4. The van der Waals surface area contributed by atoms with Crippen LogP contribution in [0.3, 0.4) is 0 Å². The molecule has 0 N–H and O–H groups in total. The normalized spacial score (nSPS) is 13.9. The first kappa shape index (κ1) is 31.8. The summed E-state index contributed by atoms with van der Waals surface area (Å²) < 4.78 is 71.4. The number of unbranched alkanes of at least 4 members (excludes halogenated alkanes) is 2. The van der Waals surface area contributed by atoms with E-state index in [0.29, 0.717) is 22.4 Å². The van der Waals surface area contributed by atoms with Crippen LogP contribution in [0.5, 0.6) is 11.5 Å². The fourth-order valence-corrected chi connectivity index (χ4v) is 7.21. The van der Waals surface area contributed by atoms with Crippen LogP contribution in [0.1, 0.15) is 67.9 Å². The smallest absolute Gasteiger partial charge is 0.339 e. The van der Waals surface area contributed by atoms with E-state index in [1.807, 2.05) is 45.9 Å². The number of fused-ring (bicyclic) bond motifs is 3. The highest BCUT2D eigenvalue weighted by Crippen LogP contribution is 2.52. The molecule has 0 radical (unpaired) electrons. The molecule has 232 valence electrons. The summed E-state index contributed by atoms with van der Waals surface area (Å²) in [6.07, 6.45) is 3.72. The van der Waals surface area contributed by atoms with Crippen LogP contribution >= 0.6 is 0 Å². The maximum absolute atomic E-state index is 13.6. The zero-order valence-electron chi connectivity index (χ0n) is 25.7. The van der Waals surface area contributed by atoms with Crippen molar-refractivity contribution in [1.82, 2.24) is 0 Å². The molecular formula is C35H38O7S2. The molecule has 4 aromatic rings. The van der Waals surface area contributed by atoms with Crippen molar-refractivity contribution in [2.45, 2.75) is 82.3 Å². The number of rotatable bonds is 11. The van der Waals surface area contributed by atoms with E-state index in [1.54, 1.807) is 36.4 Å². The highest BCUT2D eigenvalue weighted by Gasteiger charge is 2.37. The van der Waals surface area contributed by atoms with Crippen LogP contribution in [0.25, 0.3) is 11.1 Å². The van der Waals surface area contributed by atoms with Gasteiger partial charge in [-0.2, -0.15) is 16.8 Å². The maximum atomic E-state index is 13.6. The quantitative estimate of drug-likeness (QED) is 0.122. The zero-order chi connectivity index (χ0) is 31.7. The Morgan fingerprint density at radius 1 is 0.750 bits per heavy atom. The van der Waals surface area contributed by atoms with Gasteiger partial charge < -0.3 is 8.92 Å². The van der Waals surface area contributed by atoms with E-state index < -0.39 is 25.8 Å². The lowest BCUT2D eigenvalue weighted by molar-refractivity contribution is 0.105. The number of benzene rings is 4. The highest BCUT2D eigenvalue weighted by molar-refractivity contribution is 7.87. The van der Waals surface area contributed by atoms with E-state index in [-0.39, 0.29) is 22.1 Å². The van der Waals surface area contributed by atoms with Crippen molar-refractivity contribution in [3.05, 3.63) is 107 Å². The van der Waals surface area contributed by atoms with Crippen molar-refractivity contribution in [2.24, 2.45) is 0 Å². The molecule has 4 aromatic carbocycles. The molecule has 0 bridgehead atoms. The average Bonchev–Trinajstić information content (AvgIpc) is 2.96. The van der Waals surface area contributed by atoms with Crippen molar-refractivity contribution < 1.29 is 29.9 Å². The van der Waals surface area contributed by atoms with Gasteiger partial charge in [0.15, 0.2) is 5.75 Å². The summed E-state index contributed by atoms with van der Waals surface area (Å²) in [7, 11) is -8.27. The molecule has 9 heteroatoms. The van der Waals surface area contributed by atoms with Crippen LogP contribution in [0, 0.1) is 13.8 Å². The van der Waals surface area contributed by atoms with Gasteiger partial charge in [-0.25, -0.2) is 0 Å². The fraction of sp³-hybridized carbons (Fsp3) is 0.314. The Balaban J connectivity index is 1.63. The third-order valence-electron chi connectivity index (χ3n) is 7.80. The summed E-state index contributed by atoms with van der Waals surface area (Å²) in [4.78, 5) is 0.0909. The summed E-state index contributed by atoms with van der Waals surface area (Å²) in [6, 6.07) is 22.1. The molecule has 1 aliphatic heterocycles. The van der Waals surface area contributed by atoms with Crippen molar-refractivity contribution >= 4 is 20.2 Å². The Labute approximate surface area is 261 Å². The molecule has 0 atom stereocenters. The molecule has 5 rings (SSSR count). The van der Waals surface area contributed by atoms with E-state index in [1.165, 1.54) is 24.3 Å². The lowest BCUT2D eigenvalue weighted by atomic mass is 9.82. The van der Waals surface area contributed by atoms with Crippen molar-refractivity contribution in [2.75, 3.05) is 0 Å². The minimum Gasteiger partial charge on any atom is -0.482 e. The van der Waals surface area contributed by atoms with Gasteiger partial charge in [0.05, 0.1) is 17.1 Å². The van der Waals surface area contributed by atoms with Crippen LogP contribution in [0.4, 0.5) is 0 Å². The van der Waals surface area contributed by atoms with E-state index >= 15 is 0 Å². The SMILES string of the molecule is CCCCCc1cc2c(c(OS(=O)(=O)c3ccc(C)cc3)c1)-c1c(COS(=O)(=O)c3ccc(C)cc3)cccc1C(C)(C)O2. The molecule has 1 heterocycles. The Kier molecular flexibility index (Phi) is 8.94. The summed E-state index contributed by atoms with van der Waals surface area (Å²) in [6.45, 7) is 9.47. The highest BCUT2D eigenvalue weighted by atomic mass is 32.2. The van der Waals surface area contributed by atoms with Crippen LogP contribution < -0.4 is 8.92 Å². The second-order valence-electron chi connectivity index (χ2n) is 11.8. The van der Waals surface area contributed by atoms with E-state index in [4.69, 9.17) is 13.1 Å². The zero-order valence-corrected chi connectivity index (χ0v) is 27.3. The lowest BCUT2D eigenvalue weighted by Crippen LogP contribution is -2.30. The van der Waals surface area contributed by atoms with Crippen molar-refractivity contribution in [3.63, 3.8) is 0 Å². The predicted octanol–water partition coefficient (Wildman–Crippen LogP) is 8.00. The largest absolute Gasteiger partial charge is 0.482 e. The Morgan fingerprint density at radius 2 is 1.36 bits per heavy atom. The summed E-state index contributed by atoms with van der Waals surface area (Å²) >= 11 is 0. The molecular weight excluding hydrogens is 597 g/mol. The van der Waals surface area contributed by atoms with Gasteiger partial charge >= 0.3 is 10.1 Å². The van der Waals surface area contributed by atoms with Gasteiger partial charge in [-0.1, -0.05) is 73.4 Å². The van der Waals surface area contributed by atoms with Crippen LogP contribution in [-0.4, -0.2) is 16.8 Å². The number of aryl methyl sites for hydroxylation is 3. The molecule has 1 aliphatic rings. The van der Waals surface area contributed by atoms with Crippen LogP contribution in [-0.2, 0) is 43.0 Å². The first-order valence-electron chi connectivity index (χ1n) is 14.8. The topological polar surface area (TPSA) is 96.0 Å². The summed E-state index contributed by atoms with van der Waals surface area (Å²) in [5.41, 5.74) is 4.34. The Morgan fingerprint density at radius 3 is 1.98 bits per heavy atom. The molecule has 0 aromatic heterocycles. The fourth-order valence-electron chi connectivity index (χ4n) is 5.39. The molecule has 0 saturated carbocycles. The minimum absolute atomic E-state index is 0.0336. The number of ether oxygens (including phenoxy) is 1. The van der Waals surface area contributed by atoms with E-state index in [0.717, 1.165) is 47.9 Å². The molecule has 0 saturated heterocycles. The van der Waals surface area contributed by atoms with Gasteiger partial charge in [0.2, 0.25) is 0 Å². The molecule has 7 nitrogen and oxygen atoms in total. The lowest BCUT2D eigenvalue weighted by Gasteiger charge is -2.37. The summed E-state index contributed by atoms with van der Waals surface area (Å²) in [5.74, 6) is 0.597. The Hall–Kier alpha value is -3.66. The average molecular weight is 635 g/mol. The molecule has 0 amide bonds. The maximum Gasteiger partial charge on any atom is 0.339 e. The standard InChI is InChI=1S/C35H38O7S2/c1-6-7-8-10-26-21-31-34(32(22-26)42-44(38,39)29-19-15-25(3)16-20-29)33-27(11-9-12-30(33)35(4,5)41-31)23-40-43(36,37)28-17-13-24(2)14-18-28/h9,11-22H,6-8,10,23H2,1-5H3. The minimum atomic E-state index is -4.21. The first-order valence-corrected chi connectivity index (χ1v) is 17.6. The Bertz CT molecular complexity index is 1870. The van der Waals surface area contributed by atoms with Crippen molar-refractivity contribution in [1.29, 1.82) is 0 Å². The third kappa shape index (κ3) is 6.70. The van der Waals surface area contributed by atoms with Gasteiger partial charge in [0.1, 0.15) is 16.2 Å². The third-order valence-corrected chi connectivity index (χ3v) is 10.3. The van der Waals surface area contributed by atoms with E-state index in [2.05, 4.69) is 6.92 Å². The molecule has 0 aliphatic carbocycles.